The van der Waals surface area contributed by atoms with E-state index in [-0.39, 0.29) is 0 Å². The lowest BCUT2D eigenvalue weighted by atomic mass is 9.93. The molecule has 1 radical (unpaired) electrons. The molecular weight excluding hydrogens is 192 g/mol. The average molecular weight is 211 g/mol. The average Bonchev–Trinajstić information content (AvgIpc) is 3.20. The summed E-state index contributed by atoms with van der Waals surface area (Å²) in [4.78, 5) is 0. The molecule has 0 N–H and O–H groups in total. The van der Waals surface area contributed by atoms with Crippen LogP contribution in [0, 0.1) is 5.92 Å². The molecule has 2 aliphatic rings. The van der Waals surface area contributed by atoms with E-state index in [4.69, 9.17) is 0 Å². The highest BCUT2D eigenvalue weighted by Gasteiger charge is 2.28. The van der Waals surface area contributed by atoms with Crippen molar-refractivity contribution in [3.63, 3.8) is 0 Å². The zero-order valence-corrected chi connectivity index (χ0v) is 10.00. The Bertz CT molecular complexity index is 378. The molecule has 2 aliphatic carbocycles. The Balaban J connectivity index is 1.98. The number of allylic oxidation sites excluding steroid dienone is 1. The van der Waals surface area contributed by atoms with Gasteiger partial charge in [-0.25, -0.2) is 0 Å². The summed E-state index contributed by atoms with van der Waals surface area (Å²) in [5.41, 5.74) is 4.53. The quantitative estimate of drug-likeness (QED) is 0.684. The summed E-state index contributed by atoms with van der Waals surface area (Å²) in [7, 11) is 0. The zero-order chi connectivity index (χ0) is 11.1. The molecule has 0 heteroatoms. The second-order valence-corrected chi connectivity index (χ2v) is 5.32. The summed E-state index contributed by atoms with van der Waals surface area (Å²) >= 11 is 0. The van der Waals surface area contributed by atoms with E-state index in [1.165, 1.54) is 37.2 Å². The van der Waals surface area contributed by atoms with E-state index in [9.17, 15) is 0 Å². The third kappa shape index (κ3) is 1.93. The lowest BCUT2D eigenvalue weighted by molar-refractivity contribution is 1.05. The molecule has 0 spiro atoms. The Labute approximate surface area is 98.4 Å². The fraction of sp³-hybridized carbons (Fsp3) is 0.438. The van der Waals surface area contributed by atoms with Crippen LogP contribution in [-0.2, 0) is 0 Å². The van der Waals surface area contributed by atoms with Gasteiger partial charge in [-0.15, -0.1) is 6.58 Å². The molecule has 0 saturated heterocycles. The van der Waals surface area contributed by atoms with Crippen LogP contribution in [0.3, 0.4) is 0 Å². The molecule has 0 nitrogen and oxygen atoms in total. The Morgan fingerprint density at radius 3 is 1.94 bits per heavy atom. The summed E-state index contributed by atoms with van der Waals surface area (Å²) in [6.07, 6.45) is 7.53. The fourth-order valence-electron chi connectivity index (χ4n) is 2.33. The molecule has 83 valence electrons. The van der Waals surface area contributed by atoms with Gasteiger partial charge in [0.05, 0.1) is 0 Å². The molecule has 16 heavy (non-hydrogen) atoms. The predicted molar refractivity (Wildman–Crippen MR) is 68.6 cm³/mol. The SMILES string of the molecule is C=C[C](C)c1cc(C2CC2)cc(C2CC2)c1. The molecule has 0 amide bonds. The van der Waals surface area contributed by atoms with Crippen molar-refractivity contribution in [3.05, 3.63) is 53.5 Å². The van der Waals surface area contributed by atoms with Crippen molar-refractivity contribution in [1.29, 1.82) is 0 Å². The van der Waals surface area contributed by atoms with E-state index >= 15 is 0 Å². The van der Waals surface area contributed by atoms with Crippen LogP contribution in [-0.4, -0.2) is 0 Å². The first kappa shape index (κ1) is 10.1. The molecule has 2 saturated carbocycles. The summed E-state index contributed by atoms with van der Waals surface area (Å²) in [6.45, 7) is 6.04. The Hall–Kier alpha value is -1.04. The van der Waals surface area contributed by atoms with Gasteiger partial charge in [-0.1, -0.05) is 31.2 Å². The predicted octanol–water partition coefficient (Wildman–Crippen LogP) is 4.57. The van der Waals surface area contributed by atoms with Crippen molar-refractivity contribution in [1.82, 2.24) is 0 Å². The van der Waals surface area contributed by atoms with Crippen molar-refractivity contribution < 1.29 is 0 Å². The van der Waals surface area contributed by atoms with Gasteiger partial charge in [0.15, 0.2) is 0 Å². The smallest absolute Gasteiger partial charge is 0.0230 e. The van der Waals surface area contributed by atoms with Crippen LogP contribution in [0.15, 0.2) is 30.9 Å². The lowest BCUT2D eigenvalue weighted by Gasteiger charge is -2.11. The molecule has 0 atom stereocenters. The minimum absolute atomic E-state index is 0.857. The zero-order valence-electron chi connectivity index (χ0n) is 10.00. The number of hydrogen-bond donors (Lipinski definition) is 0. The first-order valence-corrected chi connectivity index (χ1v) is 6.39. The van der Waals surface area contributed by atoms with E-state index in [1.54, 1.807) is 11.1 Å². The van der Waals surface area contributed by atoms with E-state index in [2.05, 4.69) is 31.7 Å². The van der Waals surface area contributed by atoms with Gasteiger partial charge in [0.25, 0.3) is 0 Å². The number of rotatable bonds is 4. The highest BCUT2D eigenvalue weighted by atomic mass is 14.3. The maximum absolute atomic E-state index is 3.88. The molecule has 0 bridgehead atoms. The molecule has 0 aromatic heterocycles. The van der Waals surface area contributed by atoms with Crippen LogP contribution in [0.25, 0.3) is 0 Å². The summed E-state index contributed by atoms with van der Waals surface area (Å²) in [5, 5.41) is 0. The van der Waals surface area contributed by atoms with Crippen molar-refractivity contribution >= 4 is 0 Å². The number of hydrogen-bond acceptors (Lipinski definition) is 0. The van der Waals surface area contributed by atoms with Crippen LogP contribution in [0.5, 0.6) is 0 Å². The highest BCUT2D eigenvalue weighted by molar-refractivity contribution is 5.45. The van der Waals surface area contributed by atoms with Crippen molar-refractivity contribution in [3.8, 4) is 0 Å². The van der Waals surface area contributed by atoms with Gasteiger partial charge in [0, 0.05) is 5.92 Å². The molecule has 1 aromatic carbocycles. The largest absolute Gasteiger partial charge is 0.102 e. The molecule has 2 fully saturated rings. The van der Waals surface area contributed by atoms with E-state index < -0.39 is 0 Å². The van der Waals surface area contributed by atoms with Gasteiger partial charge in [-0.05, 0) is 54.2 Å². The van der Waals surface area contributed by atoms with Crippen molar-refractivity contribution in [2.45, 2.75) is 44.4 Å². The molecule has 1 aromatic rings. The minimum Gasteiger partial charge on any atom is -0.102 e. The van der Waals surface area contributed by atoms with Gasteiger partial charge in [0.1, 0.15) is 0 Å². The second-order valence-electron chi connectivity index (χ2n) is 5.32. The standard InChI is InChI=1S/C16H19/c1-3-11(2)14-8-15(12-4-5-12)10-16(9-14)13-6-7-13/h3,8-10,12-13H,1,4-7H2,2H3. The third-order valence-electron chi connectivity index (χ3n) is 3.84. The maximum Gasteiger partial charge on any atom is 0.0230 e. The normalized spacial score (nSPS) is 20.1. The second kappa shape index (κ2) is 3.76. The summed E-state index contributed by atoms with van der Waals surface area (Å²) < 4.78 is 0. The first-order valence-electron chi connectivity index (χ1n) is 6.39. The van der Waals surface area contributed by atoms with Crippen LogP contribution in [0.4, 0.5) is 0 Å². The van der Waals surface area contributed by atoms with Crippen LogP contribution >= 0.6 is 0 Å². The number of benzene rings is 1. The fourth-order valence-corrected chi connectivity index (χ4v) is 2.33. The van der Waals surface area contributed by atoms with Crippen LogP contribution in [0.1, 0.15) is 61.1 Å². The minimum atomic E-state index is 0.857. The van der Waals surface area contributed by atoms with Gasteiger partial charge >= 0.3 is 0 Å². The van der Waals surface area contributed by atoms with Crippen molar-refractivity contribution in [2.24, 2.45) is 0 Å². The van der Waals surface area contributed by atoms with E-state index in [0.717, 1.165) is 11.8 Å². The van der Waals surface area contributed by atoms with E-state index in [1.807, 2.05) is 6.08 Å². The molecule has 0 unspecified atom stereocenters. The molecule has 0 aliphatic heterocycles. The van der Waals surface area contributed by atoms with Crippen molar-refractivity contribution in [2.75, 3.05) is 0 Å². The van der Waals surface area contributed by atoms with Gasteiger partial charge in [-0.2, -0.15) is 0 Å². The third-order valence-corrected chi connectivity index (χ3v) is 3.84. The molecular formula is C16H19. The first-order chi connectivity index (χ1) is 7.78. The monoisotopic (exact) mass is 211 g/mol. The summed E-state index contributed by atoms with van der Waals surface area (Å²) in [6, 6.07) is 7.20. The summed E-state index contributed by atoms with van der Waals surface area (Å²) in [5.74, 6) is 3.02. The lowest BCUT2D eigenvalue weighted by Crippen LogP contribution is -1.95. The maximum atomic E-state index is 3.88. The van der Waals surface area contributed by atoms with Gasteiger partial charge in [-0.3, -0.25) is 0 Å². The topological polar surface area (TPSA) is 0 Å². The molecule has 0 heterocycles. The van der Waals surface area contributed by atoms with E-state index in [0.29, 0.717) is 0 Å². The van der Waals surface area contributed by atoms with Gasteiger partial charge < -0.3 is 0 Å². The Kier molecular flexibility index (Phi) is 2.38. The Morgan fingerprint density at radius 1 is 1.06 bits per heavy atom. The van der Waals surface area contributed by atoms with Gasteiger partial charge in [0.2, 0.25) is 0 Å². The molecule has 3 rings (SSSR count). The van der Waals surface area contributed by atoms with Crippen LogP contribution < -0.4 is 0 Å². The Morgan fingerprint density at radius 2 is 1.56 bits per heavy atom. The highest BCUT2D eigenvalue weighted by Crippen LogP contribution is 2.45. The van der Waals surface area contributed by atoms with Crippen LogP contribution in [0.2, 0.25) is 0 Å².